The Balaban J connectivity index is 1.72. The zero-order chi connectivity index (χ0) is 18.9. The van der Waals surface area contributed by atoms with E-state index in [0.29, 0.717) is 18.1 Å². The Morgan fingerprint density at radius 1 is 1.35 bits per heavy atom. The lowest BCUT2D eigenvalue weighted by atomic mass is 9.89. The summed E-state index contributed by atoms with van der Waals surface area (Å²) >= 11 is 1.36. The monoisotopic (exact) mass is 372 g/mol. The molecule has 1 atom stereocenters. The Hall–Kier alpha value is -2.28. The normalized spacial score (nSPS) is 17.6. The maximum Gasteiger partial charge on any atom is 0.231 e. The number of nitrogens with zero attached hydrogens (tertiary/aromatic N) is 3. The number of nitrogens with one attached hydrogen (secondary N) is 1. The SMILES string of the molecule is CCC(C)(C)C(=O)Nc1nnc(C2CC(=O)N(c3ccccc3C)C2)s1. The van der Waals surface area contributed by atoms with Crippen molar-refractivity contribution in [3.63, 3.8) is 0 Å². The van der Waals surface area contributed by atoms with Gasteiger partial charge in [-0.25, -0.2) is 0 Å². The van der Waals surface area contributed by atoms with Crippen LogP contribution in [-0.2, 0) is 9.59 Å². The molecule has 0 radical (unpaired) electrons. The molecule has 6 nitrogen and oxygen atoms in total. The lowest BCUT2D eigenvalue weighted by Gasteiger charge is -2.20. The van der Waals surface area contributed by atoms with E-state index in [2.05, 4.69) is 15.5 Å². The molecule has 1 fully saturated rings. The number of hydrogen-bond acceptors (Lipinski definition) is 5. The summed E-state index contributed by atoms with van der Waals surface area (Å²) in [7, 11) is 0. The quantitative estimate of drug-likeness (QED) is 0.867. The van der Waals surface area contributed by atoms with Crippen LogP contribution in [0, 0.1) is 12.3 Å². The summed E-state index contributed by atoms with van der Waals surface area (Å²) < 4.78 is 0. The van der Waals surface area contributed by atoms with Gasteiger partial charge in [-0.15, -0.1) is 10.2 Å². The second kappa shape index (κ2) is 7.15. The molecule has 1 unspecified atom stereocenters. The second-order valence-electron chi connectivity index (χ2n) is 7.33. The van der Waals surface area contributed by atoms with E-state index in [1.54, 1.807) is 0 Å². The highest BCUT2D eigenvalue weighted by Crippen LogP contribution is 2.35. The third-order valence-corrected chi connectivity index (χ3v) is 6.04. The fourth-order valence-corrected chi connectivity index (χ4v) is 3.68. The van der Waals surface area contributed by atoms with Crippen LogP contribution in [0.5, 0.6) is 0 Å². The molecule has 0 bridgehead atoms. The molecule has 138 valence electrons. The summed E-state index contributed by atoms with van der Waals surface area (Å²) in [6.07, 6.45) is 1.16. The van der Waals surface area contributed by atoms with Gasteiger partial charge in [0.15, 0.2) is 0 Å². The summed E-state index contributed by atoms with van der Waals surface area (Å²) in [5.41, 5.74) is 1.58. The molecule has 1 aliphatic heterocycles. The van der Waals surface area contributed by atoms with Crippen LogP contribution in [-0.4, -0.2) is 28.6 Å². The minimum Gasteiger partial charge on any atom is -0.311 e. The van der Waals surface area contributed by atoms with Crippen molar-refractivity contribution in [3.05, 3.63) is 34.8 Å². The molecule has 1 aliphatic rings. The van der Waals surface area contributed by atoms with E-state index in [4.69, 9.17) is 0 Å². The van der Waals surface area contributed by atoms with Crippen molar-refractivity contribution >= 4 is 34.0 Å². The molecule has 0 spiro atoms. The molecule has 1 aromatic carbocycles. The van der Waals surface area contributed by atoms with Gasteiger partial charge in [-0.3, -0.25) is 9.59 Å². The minimum absolute atomic E-state index is 0.00411. The Morgan fingerprint density at radius 2 is 2.08 bits per heavy atom. The molecule has 1 aromatic heterocycles. The number of para-hydroxylation sites is 1. The van der Waals surface area contributed by atoms with Gasteiger partial charge in [0, 0.05) is 30.0 Å². The number of benzene rings is 1. The molecule has 2 amide bonds. The molecule has 0 saturated carbocycles. The predicted octanol–water partition coefficient (Wildman–Crippen LogP) is 3.74. The molecule has 26 heavy (non-hydrogen) atoms. The van der Waals surface area contributed by atoms with Crippen molar-refractivity contribution in [3.8, 4) is 0 Å². The zero-order valence-electron chi connectivity index (χ0n) is 15.6. The first kappa shape index (κ1) is 18.5. The standard InChI is InChI=1S/C19H24N4O2S/c1-5-19(3,4)17(25)20-18-22-21-16(26-18)13-10-15(24)23(11-13)14-9-7-6-8-12(14)2/h6-9,13H,5,10-11H2,1-4H3,(H,20,22,25). The molecule has 3 rings (SSSR count). The molecular formula is C19H24N4O2S. The molecule has 2 aromatic rings. The number of aryl methyl sites for hydroxylation is 1. The fraction of sp³-hybridized carbons (Fsp3) is 0.474. The fourth-order valence-electron chi connectivity index (χ4n) is 2.85. The Morgan fingerprint density at radius 3 is 2.77 bits per heavy atom. The van der Waals surface area contributed by atoms with E-state index in [9.17, 15) is 9.59 Å². The van der Waals surface area contributed by atoms with Crippen molar-refractivity contribution in [2.45, 2.75) is 46.5 Å². The number of anilines is 2. The first-order chi connectivity index (χ1) is 12.3. The van der Waals surface area contributed by atoms with Gasteiger partial charge in [0.1, 0.15) is 5.01 Å². The van der Waals surface area contributed by atoms with Crippen molar-refractivity contribution in [2.24, 2.45) is 5.41 Å². The van der Waals surface area contributed by atoms with Crippen molar-refractivity contribution in [1.29, 1.82) is 0 Å². The van der Waals surface area contributed by atoms with Crippen LogP contribution in [0.25, 0.3) is 0 Å². The average molecular weight is 372 g/mol. The number of rotatable bonds is 5. The second-order valence-corrected chi connectivity index (χ2v) is 8.34. The van der Waals surface area contributed by atoms with E-state index < -0.39 is 5.41 Å². The van der Waals surface area contributed by atoms with Crippen molar-refractivity contribution < 1.29 is 9.59 Å². The maximum absolute atomic E-state index is 12.5. The molecule has 1 N–H and O–H groups in total. The average Bonchev–Trinajstić information content (AvgIpc) is 3.22. The summed E-state index contributed by atoms with van der Waals surface area (Å²) in [4.78, 5) is 26.6. The minimum atomic E-state index is -0.448. The Kier molecular flexibility index (Phi) is 5.09. The predicted molar refractivity (Wildman–Crippen MR) is 104 cm³/mol. The number of carbonyl (C=O) groups is 2. The van der Waals surface area contributed by atoms with E-state index >= 15 is 0 Å². The van der Waals surface area contributed by atoms with Gasteiger partial charge in [0.25, 0.3) is 0 Å². The highest BCUT2D eigenvalue weighted by atomic mass is 32.1. The van der Waals surface area contributed by atoms with Gasteiger partial charge in [-0.2, -0.15) is 0 Å². The van der Waals surface area contributed by atoms with Crippen LogP contribution in [0.15, 0.2) is 24.3 Å². The first-order valence-electron chi connectivity index (χ1n) is 8.82. The maximum atomic E-state index is 12.5. The highest BCUT2D eigenvalue weighted by Gasteiger charge is 2.34. The van der Waals surface area contributed by atoms with E-state index in [1.807, 2.05) is 56.9 Å². The van der Waals surface area contributed by atoms with Gasteiger partial charge < -0.3 is 10.2 Å². The largest absolute Gasteiger partial charge is 0.311 e. The summed E-state index contributed by atoms with van der Waals surface area (Å²) in [5, 5.41) is 12.4. The van der Waals surface area contributed by atoms with Crippen molar-refractivity contribution in [1.82, 2.24) is 10.2 Å². The number of carbonyl (C=O) groups excluding carboxylic acids is 2. The summed E-state index contributed by atoms with van der Waals surface area (Å²) in [6.45, 7) is 8.38. The molecule has 7 heteroatoms. The van der Waals surface area contributed by atoms with Crippen LogP contribution in [0.4, 0.5) is 10.8 Å². The van der Waals surface area contributed by atoms with Crippen LogP contribution in [0.3, 0.4) is 0 Å². The van der Waals surface area contributed by atoms with Crippen LogP contribution >= 0.6 is 11.3 Å². The number of aromatic nitrogens is 2. The van der Waals surface area contributed by atoms with Crippen LogP contribution in [0.1, 0.15) is 50.1 Å². The molecular weight excluding hydrogens is 348 g/mol. The van der Waals surface area contributed by atoms with Gasteiger partial charge in [-0.1, -0.05) is 50.3 Å². The highest BCUT2D eigenvalue weighted by molar-refractivity contribution is 7.15. The third kappa shape index (κ3) is 3.62. The van der Waals surface area contributed by atoms with E-state index in [-0.39, 0.29) is 17.7 Å². The Bertz CT molecular complexity index is 830. The van der Waals surface area contributed by atoms with E-state index in [1.165, 1.54) is 11.3 Å². The number of amides is 2. The first-order valence-corrected chi connectivity index (χ1v) is 9.64. The third-order valence-electron chi connectivity index (χ3n) is 5.04. The zero-order valence-corrected chi connectivity index (χ0v) is 16.4. The summed E-state index contributed by atoms with van der Waals surface area (Å²) in [6, 6.07) is 7.88. The molecule has 0 aliphatic carbocycles. The summed E-state index contributed by atoms with van der Waals surface area (Å²) in [5.74, 6) is 0.0355. The van der Waals surface area contributed by atoms with Crippen LogP contribution < -0.4 is 10.2 Å². The van der Waals surface area contributed by atoms with Crippen molar-refractivity contribution in [2.75, 3.05) is 16.8 Å². The van der Waals surface area contributed by atoms with Gasteiger partial charge >= 0.3 is 0 Å². The van der Waals surface area contributed by atoms with Gasteiger partial charge in [-0.05, 0) is 25.0 Å². The lowest BCUT2D eigenvalue weighted by Crippen LogP contribution is -2.29. The lowest BCUT2D eigenvalue weighted by molar-refractivity contribution is -0.124. The van der Waals surface area contributed by atoms with Gasteiger partial charge in [0.05, 0.1) is 0 Å². The number of hydrogen-bond donors (Lipinski definition) is 1. The molecule has 1 saturated heterocycles. The smallest absolute Gasteiger partial charge is 0.231 e. The van der Waals surface area contributed by atoms with E-state index in [0.717, 1.165) is 22.7 Å². The van der Waals surface area contributed by atoms with Crippen LogP contribution in [0.2, 0.25) is 0 Å². The molecule has 2 heterocycles. The topological polar surface area (TPSA) is 75.2 Å². The van der Waals surface area contributed by atoms with Gasteiger partial charge in [0.2, 0.25) is 16.9 Å². The Labute approximate surface area is 157 Å².